The first-order valence-electron chi connectivity index (χ1n) is 8.24. The van der Waals surface area contributed by atoms with Crippen molar-refractivity contribution < 1.29 is 19.1 Å². The molecule has 2 rings (SSSR count). The van der Waals surface area contributed by atoms with E-state index in [0.29, 0.717) is 11.3 Å². The lowest BCUT2D eigenvalue weighted by Crippen LogP contribution is -2.52. The normalized spacial score (nSPS) is 12.4. The molecule has 0 aliphatic rings. The Kier molecular flexibility index (Phi) is 7.31. The predicted molar refractivity (Wildman–Crippen MR) is 110 cm³/mol. The number of aliphatic hydroxyl groups is 1. The van der Waals surface area contributed by atoms with Crippen LogP contribution in [0.5, 0.6) is 0 Å². The number of nitriles is 1. The zero-order valence-electron chi connectivity index (χ0n) is 15.1. The SMILES string of the molecule is Cc1c(N[C@@H](C(=O)NNC(=O)c2cccc(F)c2)[C@H](C)O)ccc(C#N)c1I. The van der Waals surface area contributed by atoms with E-state index in [2.05, 4.69) is 22.2 Å². The molecular weight excluding hydrogens is 478 g/mol. The monoisotopic (exact) mass is 496 g/mol. The summed E-state index contributed by atoms with van der Waals surface area (Å²) >= 11 is 2.03. The average molecular weight is 496 g/mol. The third-order valence-electron chi connectivity index (χ3n) is 3.97. The van der Waals surface area contributed by atoms with E-state index in [1.54, 1.807) is 19.1 Å². The first kappa shape index (κ1) is 21.6. The van der Waals surface area contributed by atoms with Crippen LogP contribution < -0.4 is 16.2 Å². The van der Waals surface area contributed by atoms with Gasteiger partial charge in [0.1, 0.15) is 17.9 Å². The summed E-state index contributed by atoms with van der Waals surface area (Å²) in [5.41, 5.74) is 6.28. The highest BCUT2D eigenvalue weighted by molar-refractivity contribution is 14.1. The van der Waals surface area contributed by atoms with Crippen molar-refractivity contribution >= 4 is 40.1 Å². The van der Waals surface area contributed by atoms with Gasteiger partial charge in [0.25, 0.3) is 11.8 Å². The average Bonchev–Trinajstić information content (AvgIpc) is 2.66. The van der Waals surface area contributed by atoms with E-state index in [1.807, 2.05) is 22.6 Å². The van der Waals surface area contributed by atoms with E-state index in [9.17, 15) is 19.1 Å². The number of anilines is 1. The van der Waals surface area contributed by atoms with Crippen LogP contribution in [0, 0.1) is 27.6 Å². The summed E-state index contributed by atoms with van der Waals surface area (Å²) in [5.74, 6) is -1.95. The number of amides is 2. The van der Waals surface area contributed by atoms with Crippen molar-refractivity contribution in [3.8, 4) is 6.07 Å². The van der Waals surface area contributed by atoms with Gasteiger partial charge < -0.3 is 10.4 Å². The number of aliphatic hydroxyl groups excluding tert-OH is 1. The molecule has 0 fully saturated rings. The molecule has 4 N–H and O–H groups in total. The molecule has 0 saturated heterocycles. The van der Waals surface area contributed by atoms with Crippen molar-refractivity contribution in [2.45, 2.75) is 26.0 Å². The van der Waals surface area contributed by atoms with Crippen LogP contribution in [-0.4, -0.2) is 29.1 Å². The predicted octanol–water partition coefficient (Wildman–Crippen LogP) is 2.23. The summed E-state index contributed by atoms with van der Waals surface area (Å²) in [6.07, 6.45) is -1.08. The Hall–Kier alpha value is -2.71. The van der Waals surface area contributed by atoms with Gasteiger partial charge in [-0.15, -0.1) is 0 Å². The van der Waals surface area contributed by atoms with Crippen molar-refractivity contribution in [1.82, 2.24) is 10.9 Å². The number of hydrogen-bond acceptors (Lipinski definition) is 5. The number of nitrogens with one attached hydrogen (secondary N) is 3. The molecule has 0 unspecified atom stereocenters. The molecule has 0 aromatic heterocycles. The number of hydrazine groups is 1. The van der Waals surface area contributed by atoms with E-state index in [4.69, 9.17) is 5.26 Å². The molecule has 28 heavy (non-hydrogen) atoms. The maximum Gasteiger partial charge on any atom is 0.269 e. The Labute approximate surface area is 175 Å². The molecule has 0 heterocycles. The van der Waals surface area contributed by atoms with Gasteiger partial charge in [0.05, 0.1) is 11.7 Å². The van der Waals surface area contributed by atoms with Crippen molar-refractivity contribution in [1.29, 1.82) is 5.26 Å². The second kappa shape index (κ2) is 9.48. The molecule has 0 aliphatic carbocycles. The van der Waals surface area contributed by atoms with Crippen LogP contribution in [0.25, 0.3) is 0 Å². The van der Waals surface area contributed by atoms with Gasteiger partial charge in [-0.3, -0.25) is 20.4 Å². The minimum Gasteiger partial charge on any atom is -0.391 e. The number of hydrogen-bond donors (Lipinski definition) is 4. The van der Waals surface area contributed by atoms with E-state index >= 15 is 0 Å². The lowest BCUT2D eigenvalue weighted by atomic mass is 10.1. The number of rotatable bonds is 5. The summed E-state index contributed by atoms with van der Waals surface area (Å²) in [5, 5.41) is 22.0. The Balaban J connectivity index is 2.09. The maximum atomic E-state index is 13.2. The van der Waals surface area contributed by atoms with Crippen molar-refractivity contribution in [2.24, 2.45) is 0 Å². The van der Waals surface area contributed by atoms with Gasteiger partial charge in [-0.1, -0.05) is 6.07 Å². The smallest absolute Gasteiger partial charge is 0.269 e. The molecule has 0 aliphatic heterocycles. The topological polar surface area (TPSA) is 114 Å². The Bertz CT molecular complexity index is 943. The van der Waals surface area contributed by atoms with Gasteiger partial charge in [0.15, 0.2) is 0 Å². The van der Waals surface area contributed by atoms with Crippen LogP contribution >= 0.6 is 22.6 Å². The number of nitrogens with zero attached hydrogens (tertiary/aromatic N) is 1. The second-order valence-electron chi connectivity index (χ2n) is 6.03. The lowest BCUT2D eigenvalue weighted by Gasteiger charge is -2.23. The van der Waals surface area contributed by atoms with Crippen LogP contribution in [0.4, 0.5) is 10.1 Å². The van der Waals surface area contributed by atoms with E-state index in [1.165, 1.54) is 25.1 Å². The van der Waals surface area contributed by atoms with E-state index in [0.717, 1.165) is 15.2 Å². The molecule has 2 aromatic rings. The standard InChI is InChI=1S/C19H18FIN4O3/c1-10-15(7-6-13(9-22)16(10)21)23-17(11(2)26)19(28)25-24-18(27)12-4-3-5-14(20)8-12/h3-8,11,17,23,26H,1-2H3,(H,24,27)(H,25,28)/t11-,17+/m0/s1. The molecule has 2 aromatic carbocycles. The minimum absolute atomic E-state index is 0.0411. The first-order valence-corrected chi connectivity index (χ1v) is 9.32. The van der Waals surface area contributed by atoms with Crippen LogP contribution in [-0.2, 0) is 4.79 Å². The third-order valence-corrected chi connectivity index (χ3v) is 5.36. The highest BCUT2D eigenvalue weighted by Crippen LogP contribution is 2.25. The van der Waals surface area contributed by atoms with E-state index in [-0.39, 0.29) is 5.56 Å². The van der Waals surface area contributed by atoms with Gasteiger partial charge in [0, 0.05) is 14.8 Å². The van der Waals surface area contributed by atoms with Crippen LogP contribution in [0.15, 0.2) is 36.4 Å². The van der Waals surface area contributed by atoms with Crippen LogP contribution in [0.1, 0.15) is 28.4 Å². The fraction of sp³-hybridized carbons (Fsp3) is 0.211. The molecule has 146 valence electrons. The molecule has 7 nitrogen and oxygen atoms in total. The number of halogens is 2. The summed E-state index contributed by atoms with van der Waals surface area (Å²) in [7, 11) is 0. The molecule has 2 amide bonds. The fourth-order valence-electron chi connectivity index (χ4n) is 2.40. The number of carbonyl (C=O) groups is 2. The Morgan fingerprint density at radius 1 is 1.25 bits per heavy atom. The minimum atomic E-state index is -1.08. The summed E-state index contributed by atoms with van der Waals surface area (Å²) in [6.45, 7) is 3.21. The van der Waals surface area contributed by atoms with Crippen molar-refractivity contribution in [2.75, 3.05) is 5.32 Å². The molecule has 0 radical (unpaired) electrons. The lowest BCUT2D eigenvalue weighted by molar-refractivity contribution is -0.124. The number of benzene rings is 2. The molecule has 0 spiro atoms. The van der Waals surface area contributed by atoms with Gasteiger partial charge in [0.2, 0.25) is 0 Å². The summed E-state index contributed by atoms with van der Waals surface area (Å²) in [4.78, 5) is 24.4. The quantitative estimate of drug-likeness (QED) is 0.375. The van der Waals surface area contributed by atoms with Gasteiger partial charge in [-0.05, 0) is 72.3 Å². The highest BCUT2D eigenvalue weighted by Gasteiger charge is 2.25. The van der Waals surface area contributed by atoms with Crippen molar-refractivity contribution in [3.05, 3.63) is 62.5 Å². The maximum absolute atomic E-state index is 13.2. The van der Waals surface area contributed by atoms with Gasteiger partial charge in [-0.2, -0.15) is 5.26 Å². The summed E-state index contributed by atoms with van der Waals surface area (Å²) < 4.78 is 13.9. The Morgan fingerprint density at radius 2 is 1.96 bits per heavy atom. The zero-order chi connectivity index (χ0) is 20.8. The van der Waals surface area contributed by atoms with Crippen LogP contribution in [0.2, 0.25) is 0 Å². The zero-order valence-corrected chi connectivity index (χ0v) is 17.2. The largest absolute Gasteiger partial charge is 0.391 e. The first-order chi connectivity index (χ1) is 13.2. The Morgan fingerprint density at radius 3 is 2.57 bits per heavy atom. The van der Waals surface area contributed by atoms with Gasteiger partial charge in [-0.25, -0.2) is 4.39 Å². The molecular formula is C19H18FIN4O3. The molecule has 9 heteroatoms. The molecule has 2 atom stereocenters. The third kappa shape index (κ3) is 5.17. The summed E-state index contributed by atoms with van der Waals surface area (Å²) in [6, 6.07) is 9.27. The van der Waals surface area contributed by atoms with E-state index < -0.39 is 29.8 Å². The second-order valence-corrected chi connectivity index (χ2v) is 7.11. The highest BCUT2D eigenvalue weighted by atomic mass is 127. The van der Waals surface area contributed by atoms with Crippen LogP contribution in [0.3, 0.4) is 0 Å². The molecule has 0 bridgehead atoms. The fourth-order valence-corrected chi connectivity index (χ4v) is 2.99. The van der Waals surface area contributed by atoms with Gasteiger partial charge >= 0.3 is 0 Å². The number of carbonyl (C=O) groups excluding carboxylic acids is 2. The van der Waals surface area contributed by atoms with Crippen molar-refractivity contribution in [3.63, 3.8) is 0 Å². The molecule has 0 saturated carbocycles.